The van der Waals surface area contributed by atoms with E-state index in [9.17, 15) is 14.4 Å². The molecule has 30 heavy (non-hydrogen) atoms. The number of carbonyl (C=O) groups is 3. The van der Waals surface area contributed by atoms with E-state index in [1.54, 1.807) is 32.6 Å². The number of aromatic nitrogens is 2. The minimum absolute atomic E-state index is 0.0183. The highest BCUT2D eigenvalue weighted by Crippen LogP contribution is 2.30. The lowest BCUT2D eigenvalue weighted by molar-refractivity contribution is 0.0695. The molecule has 2 saturated heterocycles. The Bertz CT molecular complexity index is 1010. The van der Waals surface area contributed by atoms with Crippen LogP contribution in [0.4, 0.5) is 16.3 Å². The van der Waals surface area contributed by atoms with Crippen molar-refractivity contribution in [2.24, 2.45) is 5.73 Å². The number of benzene rings is 1. The highest BCUT2D eigenvalue weighted by molar-refractivity contribution is 6.34. The van der Waals surface area contributed by atoms with Crippen molar-refractivity contribution >= 4 is 41.0 Å². The Balaban J connectivity index is 1.47. The maximum absolute atomic E-state index is 13.1. The lowest BCUT2D eigenvalue weighted by atomic mass is 10.0. The van der Waals surface area contributed by atoms with Crippen molar-refractivity contribution in [1.82, 2.24) is 19.8 Å². The SMILES string of the molecule is NC(=O)c1ncn(C2CCN(C(=O)c3cc(N4CCNC4=O)ccc3Cl)CC2)c1N. The van der Waals surface area contributed by atoms with Gasteiger partial charge < -0.3 is 26.3 Å². The van der Waals surface area contributed by atoms with Crippen molar-refractivity contribution in [3.8, 4) is 0 Å². The van der Waals surface area contributed by atoms with Crippen molar-refractivity contribution in [2.45, 2.75) is 18.9 Å². The van der Waals surface area contributed by atoms with Crippen molar-refractivity contribution in [3.05, 3.63) is 40.8 Å². The van der Waals surface area contributed by atoms with Gasteiger partial charge in [-0.05, 0) is 31.0 Å². The molecule has 0 saturated carbocycles. The van der Waals surface area contributed by atoms with E-state index in [0.717, 1.165) is 0 Å². The Kier molecular flexibility index (Phi) is 5.25. The van der Waals surface area contributed by atoms with Gasteiger partial charge in [0.1, 0.15) is 5.82 Å². The molecule has 0 atom stereocenters. The van der Waals surface area contributed by atoms with Crippen LogP contribution in [0.25, 0.3) is 0 Å². The second kappa shape index (κ2) is 7.86. The number of nitrogens with one attached hydrogen (secondary N) is 1. The molecule has 4 amide bonds. The number of nitrogens with two attached hydrogens (primary N) is 2. The number of nitrogens with zero attached hydrogens (tertiary/aromatic N) is 4. The van der Waals surface area contributed by atoms with Gasteiger partial charge in [0.05, 0.1) is 16.9 Å². The minimum atomic E-state index is -0.667. The summed E-state index contributed by atoms with van der Waals surface area (Å²) in [6, 6.07) is 4.86. The van der Waals surface area contributed by atoms with Gasteiger partial charge in [0.25, 0.3) is 11.8 Å². The predicted molar refractivity (Wildman–Crippen MR) is 112 cm³/mol. The highest BCUT2D eigenvalue weighted by Gasteiger charge is 2.29. The quantitative estimate of drug-likeness (QED) is 0.667. The predicted octanol–water partition coefficient (Wildman–Crippen LogP) is 1.22. The van der Waals surface area contributed by atoms with Crippen molar-refractivity contribution in [3.63, 3.8) is 0 Å². The lowest BCUT2D eigenvalue weighted by Crippen LogP contribution is -2.39. The molecule has 0 unspecified atom stereocenters. The largest absolute Gasteiger partial charge is 0.383 e. The van der Waals surface area contributed by atoms with E-state index in [1.807, 2.05) is 0 Å². The molecule has 2 fully saturated rings. The van der Waals surface area contributed by atoms with Crippen LogP contribution in [0.3, 0.4) is 0 Å². The molecule has 3 heterocycles. The molecular weight excluding hydrogens is 410 g/mol. The molecule has 5 N–H and O–H groups in total. The Morgan fingerprint density at radius 2 is 1.93 bits per heavy atom. The number of halogens is 1. The molecule has 0 spiro atoms. The van der Waals surface area contributed by atoms with Crippen LogP contribution in [0, 0.1) is 0 Å². The van der Waals surface area contributed by atoms with Gasteiger partial charge in [-0.15, -0.1) is 0 Å². The number of urea groups is 1. The summed E-state index contributed by atoms with van der Waals surface area (Å²) in [4.78, 5) is 43.7. The number of primary amides is 1. The van der Waals surface area contributed by atoms with Crippen molar-refractivity contribution in [1.29, 1.82) is 0 Å². The molecule has 0 aliphatic carbocycles. The average molecular weight is 432 g/mol. The van der Waals surface area contributed by atoms with E-state index in [4.69, 9.17) is 23.1 Å². The first-order valence-corrected chi connectivity index (χ1v) is 10.0. The Hall–Kier alpha value is -3.27. The topological polar surface area (TPSA) is 140 Å². The second-order valence-corrected chi connectivity index (χ2v) is 7.73. The normalized spacial score (nSPS) is 17.3. The van der Waals surface area contributed by atoms with Gasteiger partial charge in [-0.1, -0.05) is 11.6 Å². The first-order chi connectivity index (χ1) is 14.4. The summed E-state index contributed by atoms with van der Waals surface area (Å²) in [6.07, 6.45) is 2.81. The molecule has 10 nitrogen and oxygen atoms in total. The molecule has 2 aliphatic heterocycles. The van der Waals surface area contributed by atoms with Crippen LogP contribution >= 0.6 is 11.6 Å². The molecule has 2 aliphatic rings. The zero-order valence-electron chi connectivity index (χ0n) is 16.2. The zero-order chi connectivity index (χ0) is 21.4. The van der Waals surface area contributed by atoms with Crippen LogP contribution < -0.4 is 21.7 Å². The van der Waals surface area contributed by atoms with E-state index in [1.165, 1.54) is 6.33 Å². The van der Waals surface area contributed by atoms with Gasteiger partial charge in [-0.3, -0.25) is 14.5 Å². The lowest BCUT2D eigenvalue weighted by Gasteiger charge is -2.33. The Morgan fingerprint density at radius 3 is 2.53 bits per heavy atom. The maximum atomic E-state index is 13.1. The van der Waals surface area contributed by atoms with E-state index in [2.05, 4.69) is 10.3 Å². The average Bonchev–Trinajstić information content (AvgIpc) is 3.33. The van der Waals surface area contributed by atoms with Crippen molar-refractivity contribution < 1.29 is 14.4 Å². The second-order valence-electron chi connectivity index (χ2n) is 7.32. The number of imidazole rings is 1. The number of amides is 4. The standard InChI is InChI=1S/C19H22ClN7O3/c20-14-2-1-12(26-8-5-23-19(26)30)9-13(14)18(29)25-6-3-11(4-7-25)27-10-24-15(16(27)21)17(22)28/h1-2,9-11H,3-8,21H2,(H2,22,28)(H,23,30). The third kappa shape index (κ3) is 3.54. The molecule has 2 aromatic rings. The molecule has 0 bridgehead atoms. The van der Waals surface area contributed by atoms with E-state index >= 15 is 0 Å². The number of nitrogen functional groups attached to an aromatic ring is 1. The summed E-state index contributed by atoms with van der Waals surface area (Å²) in [6.45, 7) is 2.10. The summed E-state index contributed by atoms with van der Waals surface area (Å²) < 4.78 is 1.74. The fourth-order valence-corrected chi connectivity index (χ4v) is 4.13. The van der Waals surface area contributed by atoms with Gasteiger partial charge in [0.15, 0.2) is 5.69 Å². The van der Waals surface area contributed by atoms with Crippen LogP contribution in [-0.2, 0) is 0 Å². The fraction of sp³-hybridized carbons (Fsp3) is 0.368. The summed E-state index contributed by atoms with van der Waals surface area (Å²) in [5.74, 6) is -0.608. The fourth-order valence-electron chi connectivity index (χ4n) is 3.93. The first-order valence-electron chi connectivity index (χ1n) is 9.63. The number of anilines is 2. The molecular formula is C19H22ClN7O3. The first kappa shape index (κ1) is 20.0. The van der Waals surface area contributed by atoms with Gasteiger partial charge in [0.2, 0.25) is 0 Å². The summed E-state index contributed by atoms with van der Waals surface area (Å²) >= 11 is 6.29. The monoisotopic (exact) mass is 431 g/mol. The number of hydrogen-bond acceptors (Lipinski definition) is 5. The maximum Gasteiger partial charge on any atom is 0.321 e. The van der Waals surface area contributed by atoms with Gasteiger partial charge in [-0.25, -0.2) is 9.78 Å². The highest BCUT2D eigenvalue weighted by atomic mass is 35.5. The number of hydrogen-bond donors (Lipinski definition) is 3. The third-order valence-corrected chi connectivity index (χ3v) is 5.89. The third-order valence-electron chi connectivity index (χ3n) is 5.56. The Morgan fingerprint density at radius 1 is 1.20 bits per heavy atom. The number of rotatable bonds is 4. The van der Waals surface area contributed by atoms with Crippen LogP contribution in [0.15, 0.2) is 24.5 Å². The van der Waals surface area contributed by atoms with Crippen LogP contribution in [0.2, 0.25) is 5.02 Å². The number of likely N-dealkylation sites (tertiary alicyclic amines) is 1. The molecule has 158 valence electrons. The smallest absolute Gasteiger partial charge is 0.321 e. The van der Waals surface area contributed by atoms with Crippen LogP contribution in [-0.4, -0.2) is 58.5 Å². The van der Waals surface area contributed by atoms with Gasteiger partial charge in [0, 0.05) is 37.9 Å². The van der Waals surface area contributed by atoms with E-state index in [0.29, 0.717) is 55.3 Å². The van der Waals surface area contributed by atoms with E-state index in [-0.39, 0.29) is 29.5 Å². The summed E-state index contributed by atoms with van der Waals surface area (Å²) in [5, 5.41) is 3.08. The number of piperidine rings is 1. The molecule has 1 aromatic heterocycles. The number of carbonyl (C=O) groups excluding carboxylic acids is 3. The Labute approximate surface area is 177 Å². The molecule has 11 heteroatoms. The molecule has 1 aromatic carbocycles. The van der Waals surface area contributed by atoms with Crippen LogP contribution in [0.1, 0.15) is 39.7 Å². The summed E-state index contributed by atoms with van der Waals surface area (Å²) in [5.41, 5.74) is 12.3. The van der Waals surface area contributed by atoms with E-state index < -0.39 is 5.91 Å². The summed E-state index contributed by atoms with van der Waals surface area (Å²) in [7, 11) is 0. The molecule has 0 radical (unpaired) electrons. The molecule has 4 rings (SSSR count). The van der Waals surface area contributed by atoms with Crippen LogP contribution in [0.5, 0.6) is 0 Å². The van der Waals surface area contributed by atoms with Gasteiger partial charge in [-0.2, -0.15) is 0 Å². The van der Waals surface area contributed by atoms with Crippen molar-refractivity contribution in [2.75, 3.05) is 36.8 Å². The van der Waals surface area contributed by atoms with Gasteiger partial charge >= 0.3 is 6.03 Å². The minimum Gasteiger partial charge on any atom is -0.383 e. The zero-order valence-corrected chi connectivity index (χ0v) is 16.9.